The molecule has 0 fully saturated rings. The lowest BCUT2D eigenvalue weighted by Crippen LogP contribution is -2.19. The van der Waals surface area contributed by atoms with Crippen LogP contribution in [0.15, 0.2) is 79.4 Å². The first-order valence-electron chi connectivity index (χ1n) is 7.91. The van der Waals surface area contributed by atoms with Gasteiger partial charge in [0.2, 0.25) is 6.29 Å². The lowest BCUT2D eigenvalue weighted by atomic mass is 10.1. The number of fused-ring (bicyclic) bond motifs is 1. The molecule has 0 spiro atoms. The van der Waals surface area contributed by atoms with E-state index in [0.29, 0.717) is 11.5 Å². The molecule has 4 nitrogen and oxygen atoms in total. The average Bonchev–Trinajstić information content (AvgIpc) is 2.62. The number of ether oxygens (including phenoxy) is 3. The average molecular weight is 334 g/mol. The third-order valence-corrected chi connectivity index (χ3v) is 3.54. The highest BCUT2D eigenvalue weighted by molar-refractivity contribution is 5.90. The Morgan fingerprint density at radius 2 is 1.76 bits per heavy atom. The molecule has 0 saturated carbocycles. The Labute approximate surface area is 146 Å². The summed E-state index contributed by atoms with van der Waals surface area (Å²) in [7, 11) is 0. The van der Waals surface area contributed by atoms with E-state index in [-0.39, 0.29) is 0 Å². The summed E-state index contributed by atoms with van der Waals surface area (Å²) in [6.45, 7) is 5.23. The van der Waals surface area contributed by atoms with Crippen molar-refractivity contribution in [1.29, 1.82) is 0 Å². The van der Waals surface area contributed by atoms with Crippen LogP contribution in [-0.4, -0.2) is 12.3 Å². The van der Waals surface area contributed by atoms with Gasteiger partial charge >= 0.3 is 5.97 Å². The van der Waals surface area contributed by atoms with E-state index in [4.69, 9.17) is 14.2 Å². The van der Waals surface area contributed by atoms with Crippen LogP contribution < -0.4 is 14.2 Å². The van der Waals surface area contributed by atoms with Crippen LogP contribution in [0.5, 0.6) is 17.2 Å². The van der Waals surface area contributed by atoms with Gasteiger partial charge in [-0.1, -0.05) is 36.9 Å². The van der Waals surface area contributed by atoms with Crippen molar-refractivity contribution in [3.63, 3.8) is 0 Å². The lowest BCUT2D eigenvalue weighted by molar-refractivity contribution is -0.128. The summed E-state index contributed by atoms with van der Waals surface area (Å²) in [6.07, 6.45) is 0.679. The Kier molecular flexibility index (Phi) is 5.00. The maximum atomic E-state index is 11.3. The zero-order chi connectivity index (χ0) is 17.6. The Balaban J connectivity index is 1.79. The van der Waals surface area contributed by atoms with Crippen molar-refractivity contribution >= 4 is 16.7 Å². The largest absolute Gasteiger partial charge is 0.455 e. The van der Waals surface area contributed by atoms with Gasteiger partial charge < -0.3 is 14.2 Å². The number of para-hydroxylation sites is 1. The fourth-order valence-electron chi connectivity index (χ4n) is 2.45. The highest BCUT2D eigenvalue weighted by atomic mass is 16.7. The fourth-order valence-corrected chi connectivity index (χ4v) is 2.45. The van der Waals surface area contributed by atoms with E-state index in [1.54, 1.807) is 12.1 Å². The minimum atomic E-state index is -0.489. The predicted octanol–water partition coefficient (Wildman–Crippen LogP) is 4.74. The standard InChI is InChI=1S/C21H18O4/c1-3-21(22)25-18-12-13-19-16(14-18)8-7-11-20(19)24-15(2)23-17-9-5-4-6-10-17/h3-15H,1H2,2H3. The molecule has 126 valence electrons. The monoisotopic (exact) mass is 334 g/mol. The van der Waals surface area contributed by atoms with Crippen LogP contribution in [0, 0.1) is 0 Å². The van der Waals surface area contributed by atoms with Gasteiger partial charge in [0.1, 0.15) is 17.2 Å². The van der Waals surface area contributed by atoms with E-state index >= 15 is 0 Å². The Morgan fingerprint density at radius 3 is 2.52 bits per heavy atom. The molecule has 0 aliphatic rings. The number of hydrogen-bond donors (Lipinski definition) is 0. The second kappa shape index (κ2) is 7.53. The molecule has 0 N–H and O–H groups in total. The minimum absolute atomic E-state index is 0.453. The molecule has 0 aliphatic carbocycles. The van der Waals surface area contributed by atoms with Gasteiger partial charge in [0.15, 0.2) is 0 Å². The van der Waals surface area contributed by atoms with Gasteiger partial charge in [-0.3, -0.25) is 0 Å². The zero-order valence-electron chi connectivity index (χ0n) is 13.8. The maximum absolute atomic E-state index is 11.3. The molecular weight excluding hydrogens is 316 g/mol. The summed E-state index contributed by atoms with van der Waals surface area (Å²) < 4.78 is 16.8. The van der Waals surface area contributed by atoms with Crippen molar-refractivity contribution in [3.05, 3.63) is 79.4 Å². The quantitative estimate of drug-likeness (QED) is 0.283. The summed E-state index contributed by atoms with van der Waals surface area (Å²) in [6, 6.07) is 20.5. The summed E-state index contributed by atoms with van der Waals surface area (Å²) in [5.41, 5.74) is 0. The number of rotatable bonds is 6. The molecule has 25 heavy (non-hydrogen) atoms. The summed E-state index contributed by atoms with van der Waals surface area (Å²) in [5, 5.41) is 1.81. The van der Waals surface area contributed by atoms with Crippen LogP contribution in [-0.2, 0) is 4.79 Å². The summed E-state index contributed by atoms with van der Waals surface area (Å²) in [5.74, 6) is 1.41. The zero-order valence-corrected chi connectivity index (χ0v) is 13.8. The van der Waals surface area contributed by atoms with E-state index < -0.39 is 12.3 Å². The molecule has 3 aromatic carbocycles. The Morgan fingerprint density at radius 1 is 0.960 bits per heavy atom. The second-order valence-corrected chi connectivity index (χ2v) is 5.38. The summed E-state index contributed by atoms with van der Waals surface area (Å²) >= 11 is 0. The topological polar surface area (TPSA) is 44.8 Å². The van der Waals surface area contributed by atoms with Gasteiger partial charge in [0, 0.05) is 18.4 Å². The van der Waals surface area contributed by atoms with Crippen molar-refractivity contribution in [2.45, 2.75) is 13.2 Å². The molecule has 1 unspecified atom stereocenters. The fraction of sp³-hybridized carbons (Fsp3) is 0.0952. The molecule has 0 aromatic heterocycles. The third-order valence-electron chi connectivity index (χ3n) is 3.54. The predicted molar refractivity (Wildman–Crippen MR) is 96.9 cm³/mol. The first-order valence-corrected chi connectivity index (χ1v) is 7.91. The molecule has 0 amide bonds. The van der Waals surface area contributed by atoms with Crippen molar-refractivity contribution in [1.82, 2.24) is 0 Å². The van der Waals surface area contributed by atoms with Gasteiger partial charge in [-0.2, -0.15) is 0 Å². The van der Waals surface area contributed by atoms with E-state index in [2.05, 4.69) is 6.58 Å². The Hall–Kier alpha value is -3.27. The first-order chi connectivity index (χ1) is 12.2. The van der Waals surface area contributed by atoms with E-state index in [1.807, 2.05) is 61.5 Å². The van der Waals surface area contributed by atoms with E-state index in [9.17, 15) is 4.79 Å². The highest BCUT2D eigenvalue weighted by Gasteiger charge is 2.10. The van der Waals surface area contributed by atoms with E-state index in [1.165, 1.54) is 0 Å². The normalized spacial score (nSPS) is 11.6. The molecule has 0 heterocycles. The maximum Gasteiger partial charge on any atom is 0.335 e. The van der Waals surface area contributed by atoms with Gasteiger partial charge in [-0.05, 0) is 41.8 Å². The van der Waals surface area contributed by atoms with Crippen LogP contribution in [0.25, 0.3) is 10.8 Å². The van der Waals surface area contributed by atoms with Gasteiger partial charge in [0.25, 0.3) is 0 Å². The third kappa shape index (κ3) is 4.18. The second-order valence-electron chi connectivity index (χ2n) is 5.38. The molecule has 0 saturated heterocycles. The van der Waals surface area contributed by atoms with Crippen LogP contribution in [0.1, 0.15) is 6.92 Å². The van der Waals surface area contributed by atoms with Gasteiger partial charge in [-0.15, -0.1) is 0 Å². The number of carbonyl (C=O) groups excluding carboxylic acids is 1. The number of benzene rings is 3. The molecule has 4 heteroatoms. The van der Waals surface area contributed by atoms with Crippen molar-refractivity contribution < 1.29 is 19.0 Å². The molecule has 1 atom stereocenters. The van der Waals surface area contributed by atoms with Crippen LogP contribution in [0.3, 0.4) is 0 Å². The van der Waals surface area contributed by atoms with Gasteiger partial charge in [0.05, 0.1) is 0 Å². The van der Waals surface area contributed by atoms with Crippen molar-refractivity contribution in [2.24, 2.45) is 0 Å². The molecule has 3 aromatic rings. The van der Waals surface area contributed by atoms with Crippen molar-refractivity contribution in [2.75, 3.05) is 0 Å². The van der Waals surface area contributed by atoms with Gasteiger partial charge in [-0.25, -0.2) is 4.79 Å². The first kappa shape index (κ1) is 16.6. The number of hydrogen-bond acceptors (Lipinski definition) is 4. The van der Waals surface area contributed by atoms with Crippen LogP contribution in [0.4, 0.5) is 0 Å². The molecule has 0 bridgehead atoms. The van der Waals surface area contributed by atoms with Crippen LogP contribution >= 0.6 is 0 Å². The molecular formula is C21H18O4. The van der Waals surface area contributed by atoms with E-state index in [0.717, 1.165) is 22.6 Å². The number of esters is 1. The number of carbonyl (C=O) groups is 1. The van der Waals surface area contributed by atoms with Crippen LogP contribution in [0.2, 0.25) is 0 Å². The highest BCUT2D eigenvalue weighted by Crippen LogP contribution is 2.30. The SMILES string of the molecule is C=CC(=O)Oc1ccc2c(OC(C)Oc3ccccc3)cccc2c1. The lowest BCUT2D eigenvalue weighted by Gasteiger charge is -2.18. The molecule has 0 radical (unpaired) electrons. The smallest absolute Gasteiger partial charge is 0.335 e. The molecule has 0 aliphatic heterocycles. The van der Waals surface area contributed by atoms with Crippen molar-refractivity contribution in [3.8, 4) is 17.2 Å². The molecule has 3 rings (SSSR count). The summed E-state index contributed by atoms with van der Waals surface area (Å²) in [4.78, 5) is 11.3. The Bertz CT molecular complexity index is 887. The minimum Gasteiger partial charge on any atom is -0.455 e.